The number of aliphatic hydroxyl groups is 1. The topological polar surface area (TPSA) is 32.3 Å². The summed E-state index contributed by atoms with van der Waals surface area (Å²) in [5.74, 6) is 0. The fourth-order valence-electron chi connectivity index (χ4n) is 1.06. The van der Waals surface area contributed by atoms with Gasteiger partial charge in [-0.25, -0.2) is 0 Å². The molecule has 0 amide bonds. The first-order valence-electron chi connectivity index (χ1n) is 4.60. The van der Waals surface area contributed by atoms with E-state index in [1.165, 1.54) is 5.56 Å². The summed E-state index contributed by atoms with van der Waals surface area (Å²) < 4.78 is 0. The molecule has 0 aromatic carbocycles. The molecule has 0 fully saturated rings. The molecular formula is C10H16NOS. The van der Waals surface area contributed by atoms with Crippen LogP contribution in [0.5, 0.6) is 0 Å². The minimum Gasteiger partial charge on any atom is -0.396 e. The lowest BCUT2D eigenvalue weighted by atomic mass is 10.2. The molecule has 1 aromatic heterocycles. The van der Waals surface area contributed by atoms with E-state index in [1.807, 2.05) is 0 Å². The third-order valence-corrected chi connectivity index (χ3v) is 2.46. The summed E-state index contributed by atoms with van der Waals surface area (Å²) in [6.45, 7) is 2.19. The molecule has 13 heavy (non-hydrogen) atoms. The molecule has 0 aliphatic carbocycles. The van der Waals surface area contributed by atoms with E-state index in [9.17, 15) is 0 Å². The molecule has 2 N–H and O–H groups in total. The number of rotatable bonds is 7. The van der Waals surface area contributed by atoms with Crippen LogP contribution in [0.1, 0.15) is 18.4 Å². The minimum atomic E-state index is 0.279. The predicted octanol–water partition coefficient (Wildman–Crippen LogP) is 1.66. The fourth-order valence-corrected chi connectivity index (χ4v) is 1.71. The maximum Gasteiger partial charge on any atom is 0.0443 e. The average Bonchev–Trinajstić information content (AvgIpc) is 2.63. The van der Waals surface area contributed by atoms with Gasteiger partial charge in [-0.3, -0.25) is 0 Å². The van der Waals surface area contributed by atoms with Crippen molar-refractivity contribution in [2.24, 2.45) is 0 Å². The van der Waals surface area contributed by atoms with Crippen molar-refractivity contribution in [3.05, 3.63) is 28.8 Å². The van der Waals surface area contributed by atoms with Crippen molar-refractivity contribution in [1.82, 2.24) is 5.32 Å². The third kappa shape index (κ3) is 5.03. The monoisotopic (exact) mass is 198 g/mol. The first kappa shape index (κ1) is 10.7. The fraction of sp³-hybridized carbons (Fsp3) is 0.500. The number of aliphatic hydroxyl groups excluding tert-OH is 1. The molecule has 0 saturated carbocycles. The Balaban J connectivity index is 1.90. The van der Waals surface area contributed by atoms with E-state index in [0.717, 1.165) is 25.9 Å². The van der Waals surface area contributed by atoms with E-state index >= 15 is 0 Å². The second-order valence-electron chi connectivity index (χ2n) is 2.88. The van der Waals surface area contributed by atoms with Crippen molar-refractivity contribution in [2.45, 2.75) is 12.8 Å². The van der Waals surface area contributed by atoms with E-state index in [-0.39, 0.29) is 6.61 Å². The summed E-state index contributed by atoms with van der Waals surface area (Å²) in [5.41, 5.74) is 1.31. The molecule has 0 saturated heterocycles. The summed E-state index contributed by atoms with van der Waals surface area (Å²) in [7, 11) is 0. The standard InChI is InChI=1S/C10H16NOS/c12-7-2-6-11-5-1-3-10-4-8-13-9-10/h3-4,8-9,11-12H,1-2,5-7H2. The first-order valence-corrected chi connectivity index (χ1v) is 5.55. The van der Waals surface area contributed by atoms with Gasteiger partial charge in [-0.15, -0.1) is 0 Å². The Morgan fingerprint density at radius 3 is 3.08 bits per heavy atom. The van der Waals surface area contributed by atoms with E-state index in [4.69, 9.17) is 5.11 Å². The lowest BCUT2D eigenvalue weighted by Gasteiger charge is -2.01. The van der Waals surface area contributed by atoms with E-state index < -0.39 is 0 Å². The molecule has 1 aromatic rings. The van der Waals surface area contributed by atoms with E-state index in [0.29, 0.717) is 0 Å². The predicted molar refractivity (Wildman–Crippen MR) is 56.9 cm³/mol. The van der Waals surface area contributed by atoms with Gasteiger partial charge in [-0.1, -0.05) is 0 Å². The van der Waals surface area contributed by atoms with Crippen LogP contribution in [0.2, 0.25) is 0 Å². The van der Waals surface area contributed by atoms with Gasteiger partial charge in [0.05, 0.1) is 0 Å². The Hall–Kier alpha value is -0.380. The van der Waals surface area contributed by atoms with Gasteiger partial charge in [0.25, 0.3) is 0 Å². The van der Waals surface area contributed by atoms with Gasteiger partial charge in [0, 0.05) is 6.61 Å². The van der Waals surface area contributed by atoms with Crippen molar-refractivity contribution in [1.29, 1.82) is 0 Å². The number of nitrogens with one attached hydrogen (secondary N) is 1. The highest BCUT2D eigenvalue weighted by molar-refractivity contribution is 7.08. The summed E-state index contributed by atoms with van der Waals surface area (Å²) in [6.07, 6.45) is 4.13. The van der Waals surface area contributed by atoms with Crippen LogP contribution in [0.25, 0.3) is 0 Å². The maximum atomic E-state index is 8.53. The molecule has 3 heteroatoms. The van der Waals surface area contributed by atoms with Crippen LogP contribution in [-0.4, -0.2) is 24.8 Å². The maximum absolute atomic E-state index is 8.53. The van der Waals surface area contributed by atoms with Crippen molar-refractivity contribution in [2.75, 3.05) is 19.7 Å². The van der Waals surface area contributed by atoms with Crippen molar-refractivity contribution in [3.8, 4) is 0 Å². The molecule has 1 rings (SSSR count). The average molecular weight is 198 g/mol. The highest BCUT2D eigenvalue weighted by Crippen LogP contribution is 2.09. The first-order chi connectivity index (χ1) is 6.43. The van der Waals surface area contributed by atoms with E-state index in [1.54, 1.807) is 11.3 Å². The van der Waals surface area contributed by atoms with Crippen LogP contribution in [0.4, 0.5) is 0 Å². The molecular weight excluding hydrogens is 182 g/mol. The van der Waals surface area contributed by atoms with Crippen molar-refractivity contribution < 1.29 is 5.11 Å². The third-order valence-electron chi connectivity index (χ3n) is 1.76. The molecule has 0 unspecified atom stereocenters. The van der Waals surface area contributed by atoms with Gasteiger partial charge in [-0.2, -0.15) is 11.3 Å². The number of hydrogen-bond donors (Lipinski definition) is 2. The number of thiophene rings is 1. The highest BCUT2D eigenvalue weighted by atomic mass is 32.1. The highest BCUT2D eigenvalue weighted by Gasteiger charge is 1.93. The lowest BCUT2D eigenvalue weighted by Crippen LogP contribution is -2.17. The molecule has 1 radical (unpaired) electrons. The lowest BCUT2D eigenvalue weighted by molar-refractivity contribution is 0.286. The van der Waals surface area contributed by atoms with Gasteiger partial charge >= 0.3 is 0 Å². The molecule has 0 spiro atoms. The zero-order valence-electron chi connectivity index (χ0n) is 7.70. The van der Waals surface area contributed by atoms with Crippen LogP contribution < -0.4 is 5.32 Å². The molecule has 73 valence electrons. The quantitative estimate of drug-likeness (QED) is 0.653. The molecule has 0 aliphatic rings. The van der Waals surface area contributed by atoms with Gasteiger partial charge in [-0.05, 0) is 54.7 Å². The molecule has 0 aliphatic heterocycles. The van der Waals surface area contributed by atoms with Gasteiger partial charge in [0.1, 0.15) is 0 Å². The van der Waals surface area contributed by atoms with E-state index in [2.05, 4.69) is 28.6 Å². The van der Waals surface area contributed by atoms with Gasteiger partial charge in [0.15, 0.2) is 0 Å². The van der Waals surface area contributed by atoms with Crippen LogP contribution in [0.15, 0.2) is 16.8 Å². The SMILES string of the molecule is OCCCNCC[CH]c1ccsc1. The van der Waals surface area contributed by atoms with Crippen LogP contribution in [-0.2, 0) is 0 Å². The van der Waals surface area contributed by atoms with Crippen LogP contribution in [0, 0.1) is 6.42 Å². The minimum absolute atomic E-state index is 0.279. The summed E-state index contributed by atoms with van der Waals surface area (Å²) in [5, 5.41) is 16.0. The molecule has 0 atom stereocenters. The molecule has 1 heterocycles. The zero-order valence-corrected chi connectivity index (χ0v) is 8.52. The van der Waals surface area contributed by atoms with Gasteiger partial charge < -0.3 is 10.4 Å². The molecule has 2 nitrogen and oxygen atoms in total. The Morgan fingerprint density at radius 2 is 2.38 bits per heavy atom. The molecule has 0 bridgehead atoms. The second-order valence-corrected chi connectivity index (χ2v) is 3.66. The Morgan fingerprint density at radius 1 is 1.46 bits per heavy atom. The smallest absolute Gasteiger partial charge is 0.0443 e. The Kier molecular flexibility index (Phi) is 5.81. The van der Waals surface area contributed by atoms with Crippen LogP contribution in [0.3, 0.4) is 0 Å². The Bertz CT molecular complexity index is 199. The summed E-state index contributed by atoms with van der Waals surface area (Å²) >= 11 is 1.73. The zero-order chi connectivity index (χ0) is 9.36. The second kappa shape index (κ2) is 7.06. The normalized spacial score (nSPS) is 10.5. The largest absolute Gasteiger partial charge is 0.396 e. The summed E-state index contributed by atoms with van der Waals surface area (Å²) in [4.78, 5) is 0. The summed E-state index contributed by atoms with van der Waals surface area (Å²) in [6, 6.07) is 2.12. The van der Waals surface area contributed by atoms with Gasteiger partial charge in [0.2, 0.25) is 0 Å². The van der Waals surface area contributed by atoms with Crippen molar-refractivity contribution >= 4 is 11.3 Å². The number of hydrogen-bond acceptors (Lipinski definition) is 3. The van der Waals surface area contributed by atoms with Crippen LogP contribution >= 0.6 is 11.3 Å². The van der Waals surface area contributed by atoms with Crippen molar-refractivity contribution in [3.63, 3.8) is 0 Å². The Labute approximate surface area is 83.6 Å².